The number of allylic oxidation sites excluding steroid dienone is 5. The van der Waals surface area contributed by atoms with Gasteiger partial charge in [0.05, 0.1) is 38.6 Å². The van der Waals surface area contributed by atoms with Crippen LogP contribution in [0.3, 0.4) is 0 Å². The molecule has 19 nitrogen and oxygen atoms in total. The van der Waals surface area contributed by atoms with E-state index in [1.54, 1.807) is 6.08 Å². The molecule has 17 atom stereocenters. The van der Waals surface area contributed by atoms with E-state index in [0.29, 0.717) is 12.8 Å². The molecule has 17 unspecified atom stereocenters. The second kappa shape index (κ2) is 52.3. The normalized spacial score (nSPS) is 28.4. The standard InChI is InChI=1S/C70H129NO18/c1-3-5-7-9-11-13-15-16-17-18-19-20-21-22-23-24-25-26-27-28-29-30-31-32-33-34-35-36-37-38-40-42-44-46-48-58(76)71-53(54(75)47-45-43-41-39-14-12-10-8-6-4-2)52-84-68-64(82)61(79)66(56(50-73)86-68)89-70-65(83)62(80)67(57(51-74)87-70)88-69-63(81)60(78)59(77)55(49-72)85-69/h6,8,14,39,45,47,53-57,59-70,72-75,77-83H,3-5,7,9-13,15-38,40-44,46,48-52H2,1-2H3,(H,71,76)/b8-6+,39-14+,47-45+. The Labute approximate surface area is 536 Å². The number of unbranched alkanes of at least 4 members (excludes halogenated alkanes) is 35. The summed E-state index contributed by atoms with van der Waals surface area (Å²) in [6, 6.07) is -0.993. The number of nitrogens with one attached hydrogen (secondary N) is 1. The van der Waals surface area contributed by atoms with Crippen LogP contribution in [0.2, 0.25) is 0 Å². The predicted octanol–water partition coefficient (Wildman–Crippen LogP) is 9.61. The Bertz CT molecular complexity index is 1760. The number of aliphatic hydroxyl groups is 11. The highest BCUT2D eigenvalue weighted by molar-refractivity contribution is 5.76. The molecular formula is C70H129NO18. The Morgan fingerprint density at radius 3 is 1.11 bits per heavy atom. The van der Waals surface area contributed by atoms with Gasteiger partial charge < -0.3 is 89.9 Å². The lowest BCUT2D eigenvalue weighted by Crippen LogP contribution is -2.66. The first kappa shape index (κ1) is 81.2. The number of carbonyl (C=O) groups excluding carboxylic acids is 1. The molecule has 0 bridgehead atoms. The molecule has 0 spiro atoms. The second-order valence-corrected chi connectivity index (χ2v) is 25.7. The summed E-state index contributed by atoms with van der Waals surface area (Å²) in [5.74, 6) is -0.288. The number of hydrogen-bond donors (Lipinski definition) is 12. The largest absolute Gasteiger partial charge is 0.394 e. The van der Waals surface area contributed by atoms with Crippen molar-refractivity contribution in [2.45, 2.75) is 375 Å². The van der Waals surface area contributed by atoms with Crippen LogP contribution in [0.25, 0.3) is 0 Å². The number of aliphatic hydroxyl groups excluding tert-OH is 11. The summed E-state index contributed by atoms with van der Waals surface area (Å²) in [7, 11) is 0. The molecule has 89 heavy (non-hydrogen) atoms. The van der Waals surface area contributed by atoms with E-state index in [2.05, 4.69) is 43.5 Å². The topological polar surface area (TPSA) is 307 Å². The van der Waals surface area contributed by atoms with Crippen LogP contribution in [0.1, 0.15) is 271 Å². The van der Waals surface area contributed by atoms with Crippen molar-refractivity contribution in [1.82, 2.24) is 5.32 Å². The van der Waals surface area contributed by atoms with E-state index in [-0.39, 0.29) is 18.9 Å². The third-order valence-corrected chi connectivity index (χ3v) is 17.9. The maximum absolute atomic E-state index is 13.3. The van der Waals surface area contributed by atoms with Crippen molar-refractivity contribution >= 4 is 5.91 Å². The summed E-state index contributed by atoms with van der Waals surface area (Å²) in [6.07, 6.45) is 34.8. The van der Waals surface area contributed by atoms with Gasteiger partial charge in [-0.2, -0.15) is 0 Å². The lowest BCUT2D eigenvalue weighted by Gasteiger charge is -2.48. The highest BCUT2D eigenvalue weighted by atomic mass is 16.8. The van der Waals surface area contributed by atoms with Gasteiger partial charge in [-0.3, -0.25) is 4.79 Å². The highest BCUT2D eigenvalue weighted by Crippen LogP contribution is 2.33. The van der Waals surface area contributed by atoms with Crippen molar-refractivity contribution in [3.63, 3.8) is 0 Å². The molecule has 12 N–H and O–H groups in total. The molecule has 3 aliphatic rings. The van der Waals surface area contributed by atoms with Gasteiger partial charge in [0.1, 0.15) is 73.2 Å². The summed E-state index contributed by atoms with van der Waals surface area (Å²) in [5, 5.41) is 120. The van der Waals surface area contributed by atoms with E-state index in [1.807, 2.05) is 6.08 Å². The first-order chi connectivity index (χ1) is 43.3. The average molecular weight is 1270 g/mol. The minimum atomic E-state index is -1.98. The van der Waals surface area contributed by atoms with Crippen molar-refractivity contribution < 1.29 is 89.4 Å². The van der Waals surface area contributed by atoms with Gasteiger partial charge in [-0.05, 0) is 38.5 Å². The van der Waals surface area contributed by atoms with Crippen molar-refractivity contribution in [2.24, 2.45) is 0 Å². The minimum Gasteiger partial charge on any atom is -0.394 e. The molecule has 3 heterocycles. The highest BCUT2D eigenvalue weighted by Gasteiger charge is 2.53. The maximum Gasteiger partial charge on any atom is 0.220 e. The van der Waals surface area contributed by atoms with Gasteiger partial charge in [0.25, 0.3) is 0 Å². The van der Waals surface area contributed by atoms with Gasteiger partial charge in [0.15, 0.2) is 18.9 Å². The lowest BCUT2D eigenvalue weighted by atomic mass is 9.96. The molecule has 3 aliphatic heterocycles. The number of amides is 1. The van der Waals surface area contributed by atoms with Gasteiger partial charge in [0.2, 0.25) is 5.91 Å². The zero-order valence-corrected chi connectivity index (χ0v) is 55.2. The third-order valence-electron chi connectivity index (χ3n) is 17.9. The van der Waals surface area contributed by atoms with Crippen LogP contribution in [-0.4, -0.2) is 193 Å². The molecule has 0 saturated carbocycles. The van der Waals surface area contributed by atoms with Crippen molar-refractivity contribution in [2.75, 3.05) is 26.4 Å². The van der Waals surface area contributed by atoms with Crippen LogP contribution < -0.4 is 5.32 Å². The van der Waals surface area contributed by atoms with Crippen LogP contribution in [0, 0.1) is 0 Å². The van der Waals surface area contributed by atoms with Crippen molar-refractivity contribution in [1.29, 1.82) is 0 Å². The van der Waals surface area contributed by atoms with Crippen LogP contribution in [0.4, 0.5) is 0 Å². The number of rotatable bonds is 55. The average Bonchev–Trinajstić information content (AvgIpc) is 2.03. The molecule has 0 aromatic rings. The molecule has 3 fully saturated rings. The molecular weight excluding hydrogens is 1140 g/mol. The summed E-state index contributed by atoms with van der Waals surface area (Å²) >= 11 is 0. The summed E-state index contributed by atoms with van der Waals surface area (Å²) in [4.78, 5) is 13.3. The van der Waals surface area contributed by atoms with Crippen molar-refractivity contribution in [3.05, 3.63) is 36.5 Å². The van der Waals surface area contributed by atoms with Gasteiger partial charge in [0, 0.05) is 6.42 Å². The van der Waals surface area contributed by atoms with Crippen LogP contribution in [-0.2, 0) is 33.2 Å². The minimum absolute atomic E-state index is 0.235. The SMILES string of the molecule is CC/C=C/CC/C=C/CC/C=C/C(O)C(COC1OC(CO)C(OC2OC(CO)C(OC3OC(CO)C(O)C(O)C3O)C(O)C2O)C(O)C1O)NC(=O)CCCCCCCCCCCCCCCCCCCCCCCCCCCCCCCCCCCC. The van der Waals surface area contributed by atoms with Crippen LogP contribution in [0.15, 0.2) is 36.5 Å². The van der Waals surface area contributed by atoms with Crippen molar-refractivity contribution in [3.8, 4) is 0 Å². The van der Waals surface area contributed by atoms with E-state index >= 15 is 0 Å². The first-order valence-corrected chi connectivity index (χ1v) is 35.7. The van der Waals surface area contributed by atoms with E-state index < -0.39 is 124 Å². The molecule has 0 aromatic heterocycles. The molecule has 1 amide bonds. The zero-order valence-electron chi connectivity index (χ0n) is 55.2. The molecule has 522 valence electrons. The Hall–Kier alpha value is -1.99. The van der Waals surface area contributed by atoms with Crippen LogP contribution >= 0.6 is 0 Å². The first-order valence-electron chi connectivity index (χ1n) is 35.7. The fourth-order valence-electron chi connectivity index (χ4n) is 12.2. The monoisotopic (exact) mass is 1270 g/mol. The Morgan fingerprint density at radius 1 is 0.404 bits per heavy atom. The number of hydrogen-bond acceptors (Lipinski definition) is 18. The van der Waals surface area contributed by atoms with E-state index in [0.717, 1.165) is 44.9 Å². The van der Waals surface area contributed by atoms with E-state index in [4.69, 9.17) is 28.4 Å². The van der Waals surface area contributed by atoms with Gasteiger partial charge in [-0.15, -0.1) is 0 Å². The lowest BCUT2D eigenvalue weighted by molar-refractivity contribution is -0.379. The summed E-state index contributed by atoms with van der Waals surface area (Å²) in [5.41, 5.74) is 0. The van der Waals surface area contributed by atoms with Gasteiger partial charge >= 0.3 is 0 Å². The smallest absolute Gasteiger partial charge is 0.220 e. The number of carbonyl (C=O) groups is 1. The third kappa shape index (κ3) is 34.3. The fraction of sp³-hybridized carbons (Fsp3) is 0.900. The molecule has 0 aliphatic carbocycles. The summed E-state index contributed by atoms with van der Waals surface area (Å²) < 4.78 is 34.2. The van der Waals surface area contributed by atoms with E-state index in [1.165, 1.54) is 193 Å². The Kier molecular flexibility index (Phi) is 47.7. The Balaban J connectivity index is 1.31. The molecule has 0 radical (unpaired) electrons. The molecule has 3 rings (SSSR count). The fourth-order valence-corrected chi connectivity index (χ4v) is 12.2. The van der Waals surface area contributed by atoms with Gasteiger partial charge in [-0.1, -0.05) is 262 Å². The zero-order chi connectivity index (χ0) is 64.7. The summed E-state index contributed by atoms with van der Waals surface area (Å²) in [6.45, 7) is 1.59. The second-order valence-electron chi connectivity index (χ2n) is 25.7. The predicted molar refractivity (Wildman–Crippen MR) is 346 cm³/mol. The Morgan fingerprint density at radius 2 is 0.730 bits per heavy atom. The maximum atomic E-state index is 13.3. The molecule has 3 saturated heterocycles. The number of ether oxygens (including phenoxy) is 6. The molecule has 0 aromatic carbocycles. The van der Waals surface area contributed by atoms with Gasteiger partial charge in [-0.25, -0.2) is 0 Å². The van der Waals surface area contributed by atoms with E-state index in [9.17, 15) is 61.0 Å². The van der Waals surface area contributed by atoms with Crippen LogP contribution in [0.5, 0.6) is 0 Å². The molecule has 19 heteroatoms. The quantitative estimate of drug-likeness (QED) is 0.0199.